The highest BCUT2D eigenvalue weighted by Gasteiger charge is 2.36. The fourth-order valence-corrected chi connectivity index (χ4v) is 2.76. The molecule has 1 aromatic carbocycles. The van der Waals surface area contributed by atoms with Crippen molar-refractivity contribution in [3.63, 3.8) is 0 Å². The number of carbonyl (C=O) groups excluding carboxylic acids is 1. The first-order chi connectivity index (χ1) is 12.0. The van der Waals surface area contributed by atoms with Crippen LogP contribution >= 0.6 is 0 Å². The molecule has 5 nitrogen and oxygen atoms in total. The monoisotopic (exact) mass is 347 g/mol. The molecule has 1 aliphatic carbocycles. The largest absolute Gasteiger partial charge is 0.343 e. The van der Waals surface area contributed by atoms with Gasteiger partial charge in [-0.1, -0.05) is 35.5 Å². The first-order valence-electron chi connectivity index (χ1n) is 8.23. The highest BCUT2D eigenvalue weighted by molar-refractivity contribution is 5.91. The van der Waals surface area contributed by atoms with Crippen LogP contribution in [0.25, 0.3) is 6.08 Å². The van der Waals surface area contributed by atoms with Crippen LogP contribution in [0.4, 0.5) is 8.78 Å². The lowest BCUT2D eigenvalue weighted by atomic mass is 9.86. The summed E-state index contributed by atoms with van der Waals surface area (Å²) in [5.41, 5.74) is 0.923. The first-order valence-corrected chi connectivity index (χ1v) is 8.23. The molecule has 1 N–H and O–H groups in total. The van der Waals surface area contributed by atoms with Crippen LogP contribution in [0, 0.1) is 0 Å². The maximum Gasteiger partial charge on any atom is 0.248 e. The standard InChI is InChI=1S/C18H19F2N3O2/c19-18(20)10-8-14(9-11-18)17-22-16(25-23-17)12-21-15(24)7-6-13-4-2-1-3-5-13/h1-7,14H,8-12H2,(H,21,24)/b7-6+. The molecule has 0 bridgehead atoms. The highest BCUT2D eigenvalue weighted by Crippen LogP contribution is 2.39. The smallest absolute Gasteiger partial charge is 0.248 e. The van der Waals surface area contributed by atoms with Crippen LogP contribution in [0.3, 0.4) is 0 Å². The van der Waals surface area contributed by atoms with Crippen molar-refractivity contribution in [1.82, 2.24) is 15.5 Å². The summed E-state index contributed by atoms with van der Waals surface area (Å²) in [6.45, 7) is 0.105. The second-order valence-electron chi connectivity index (χ2n) is 6.14. The van der Waals surface area contributed by atoms with E-state index in [9.17, 15) is 13.6 Å². The predicted octanol–water partition coefficient (Wildman–Crippen LogP) is 3.69. The normalized spacial score (nSPS) is 17.7. The number of hydrogen-bond acceptors (Lipinski definition) is 4. The number of carbonyl (C=O) groups is 1. The van der Waals surface area contributed by atoms with Gasteiger partial charge in [0, 0.05) is 24.8 Å². The van der Waals surface area contributed by atoms with Gasteiger partial charge in [-0.25, -0.2) is 8.78 Å². The summed E-state index contributed by atoms with van der Waals surface area (Å²) >= 11 is 0. The first kappa shape index (κ1) is 17.3. The van der Waals surface area contributed by atoms with Gasteiger partial charge in [0.05, 0.1) is 6.54 Å². The van der Waals surface area contributed by atoms with E-state index in [4.69, 9.17) is 4.52 Å². The van der Waals surface area contributed by atoms with Crippen LogP contribution in [-0.2, 0) is 11.3 Å². The number of nitrogens with one attached hydrogen (secondary N) is 1. The Hall–Kier alpha value is -2.57. The van der Waals surface area contributed by atoms with E-state index in [1.54, 1.807) is 6.08 Å². The molecule has 25 heavy (non-hydrogen) atoms. The van der Waals surface area contributed by atoms with Crippen molar-refractivity contribution < 1.29 is 18.1 Å². The van der Waals surface area contributed by atoms with Gasteiger partial charge in [-0.15, -0.1) is 0 Å². The molecule has 0 saturated heterocycles. The van der Waals surface area contributed by atoms with Gasteiger partial charge in [-0.2, -0.15) is 4.98 Å². The zero-order chi connectivity index (χ0) is 17.7. The molecule has 0 atom stereocenters. The molecule has 0 spiro atoms. The number of benzene rings is 1. The van der Waals surface area contributed by atoms with Crippen molar-refractivity contribution >= 4 is 12.0 Å². The van der Waals surface area contributed by atoms with Gasteiger partial charge >= 0.3 is 0 Å². The van der Waals surface area contributed by atoms with Crippen LogP contribution in [0.1, 0.15) is 48.9 Å². The van der Waals surface area contributed by atoms with Crippen LogP contribution < -0.4 is 5.32 Å². The number of nitrogens with zero attached hydrogens (tertiary/aromatic N) is 2. The van der Waals surface area contributed by atoms with Gasteiger partial charge in [-0.3, -0.25) is 4.79 Å². The van der Waals surface area contributed by atoms with Gasteiger partial charge < -0.3 is 9.84 Å². The molecule has 1 amide bonds. The summed E-state index contributed by atoms with van der Waals surface area (Å²) in [5.74, 6) is -2.25. The summed E-state index contributed by atoms with van der Waals surface area (Å²) in [6, 6.07) is 9.46. The molecule has 1 aromatic heterocycles. The summed E-state index contributed by atoms with van der Waals surface area (Å²) < 4.78 is 31.5. The highest BCUT2D eigenvalue weighted by atomic mass is 19.3. The van der Waals surface area contributed by atoms with E-state index in [-0.39, 0.29) is 37.1 Å². The van der Waals surface area contributed by atoms with Crippen LogP contribution in [-0.4, -0.2) is 22.0 Å². The van der Waals surface area contributed by atoms with E-state index in [1.165, 1.54) is 6.08 Å². The fraction of sp³-hybridized carbons (Fsp3) is 0.389. The van der Waals surface area contributed by atoms with Crippen LogP contribution in [0.15, 0.2) is 40.9 Å². The topological polar surface area (TPSA) is 68.0 Å². The molecule has 2 aromatic rings. The fourth-order valence-electron chi connectivity index (χ4n) is 2.76. The number of halogens is 2. The number of hydrogen-bond donors (Lipinski definition) is 1. The molecule has 7 heteroatoms. The maximum atomic E-state index is 13.2. The van der Waals surface area contributed by atoms with E-state index in [1.807, 2.05) is 30.3 Å². The van der Waals surface area contributed by atoms with E-state index < -0.39 is 5.92 Å². The predicted molar refractivity (Wildman–Crippen MR) is 87.8 cm³/mol. The van der Waals surface area contributed by atoms with Crippen molar-refractivity contribution in [3.05, 3.63) is 53.7 Å². The van der Waals surface area contributed by atoms with Crippen LogP contribution in [0.5, 0.6) is 0 Å². The Balaban J connectivity index is 1.49. The van der Waals surface area contributed by atoms with Gasteiger partial charge in [-0.05, 0) is 24.5 Å². The lowest BCUT2D eigenvalue weighted by molar-refractivity contribution is -0.116. The minimum absolute atomic E-state index is 0.105. The second kappa shape index (κ2) is 7.55. The molecule has 1 aliphatic rings. The average Bonchev–Trinajstić information content (AvgIpc) is 3.08. The zero-order valence-corrected chi connectivity index (χ0v) is 13.6. The summed E-state index contributed by atoms with van der Waals surface area (Å²) in [5, 5.41) is 6.52. The lowest BCUT2D eigenvalue weighted by Gasteiger charge is -2.26. The van der Waals surface area contributed by atoms with Gasteiger partial charge in [0.15, 0.2) is 5.82 Å². The molecule has 132 valence electrons. The van der Waals surface area contributed by atoms with E-state index >= 15 is 0 Å². The third kappa shape index (κ3) is 4.95. The number of aromatic nitrogens is 2. The van der Waals surface area contributed by atoms with Crippen molar-refractivity contribution in [2.45, 2.75) is 44.1 Å². The molecular formula is C18H19F2N3O2. The number of amides is 1. The second-order valence-corrected chi connectivity index (χ2v) is 6.14. The Morgan fingerprint density at radius 1 is 1.28 bits per heavy atom. The van der Waals surface area contributed by atoms with E-state index in [0.29, 0.717) is 18.7 Å². The molecular weight excluding hydrogens is 328 g/mol. The van der Waals surface area contributed by atoms with Gasteiger partial charge in [0.1, 0.15) is 0 Å². The van der Waals surface area contributed by atoms with Crippen molar-refractivity contribution in [2.75, 3.05) is 0 Å². The molecule has 0 radical (unpaired) electrons. The summed E-state index contributed by atoms with van der Waals surface area (Å²) in [7, 11) is 0. The van der Waals surface area contributed by atoms with Gasteiger partial charge in [0.2, 0.25) is 17.7 Å². The maximum absolute atomic E-state index is 13.2. The Morgan fingerprint density at radius 3 is 2.72 bits per heavy atom. The lowest BCUT2D eigenvalue weighted by Crippen LogP contribution is -2.24. The number of rotatable bonds is 5. The van der Waals surface area contributed by atoms with Crippen molar-refractivity contribution in [2.24, 2.45) is 0 Å². The Kier molecular flexibility index (Phi) is 5.21. The summed E-state index contributed by atoms with van der Waals surface area (Å²) in [6.07, 6.45) is 3.52. The van der Waals surface area contributed by atoms with Crippen molar-refractivity contribution in [3.8, 4) is 0 Å². The Bertz CT molecular complexity index is 734. The van der Waals surface area contributed by atoms with Crippen molar-refractivity contribution in [1.29, 1.82) is 0 Å². The molecule has 1 heterocycles. The minimum Gasteiger partial charge on any atom is -0.343 e. The SMILES string of the molecule is O=C(/C=C/c1ccccc1)NCc1nc(C2CCC(F)(F)CC2)no1. The number of alkyl halides is 2. The molecule has 3 rings (SSSR count). The van der Waals surface area contributed by atoms with Gasteiger partial charge in [0.25, 0.3) is 0 Å². The zero-order valence-electron chi connectivity index (χ0n) is 13.6. The third-order valence-electron chi connectivity index (χ3n) is 4.21. The summed E-state index contributed by atoms with van der Waals surface area (Å²) in [4.78, 5) is 16.0. The van der Waals surface area contributed by atoms with E-state index in [0.717, 1.165) is 5.56 Å². The molecule has 0 unspecified atom stereocenters. The quantitative estimate of drug-likeness (QED) is 0.838. The van der Waals surface area contributed by atoms with Crippen LogP contribution in [0.2, 0.25) is 0 Å². The van der Waals surface area contributed by atoms with E-state index in [2.05, 4.69) is 15.5 Å². The Labute approximate surface area is 144 Å². The Morgan fingerprint density at radius 2 is 2.00 bits per heavy atom. The molecule has 0 aliphatic heterocycles. The third-order valence-corrected chi connectivity index (χ3v) is 4.21. The molecule has 1 fully saturated rings. The molecule has 1 saturated carbocycles. The average molecular weight is 347 g/mol. The minimum atomic E-state index is -2.58.